The number of methoxy groups -OCH3 is 1. The Balaban J connectivity index is 0.000000207. The number of ether oxygens (including phenoxy) is 1. The van der Waals surface area contributed by atoms with Gasteiger partial charge in [0.2, 0.25) is 0 Å². The topological polar surface area (TPSA) is 146 Å². The van der Waals surface area contributed by atoms with E-state index < -0.39 is 12.1 Å². The van der Waals surface area contributed by atoms with Crippen molar-refractivity contribution in [2.75, 3.05) is 25.7 Å². The number of β-lactam (4-membered cyclic amide) rings is 1. The number of nitrogens with one attached hydrogen (secondary N) is 1. The molecule has 1 saturated heterocycles. The zero-order chi connectivity index (χ0) is 21.4. The molecule has 14 heteroatoms. The van der Waals surface area contributed by atoms with Crippen molar-refractivity contribution in [1.29, 1.82) is 5.26 Å². The molecular weight excluding hydrogens is 438 g/mol. The number of nitriles is 1. The Bertz CT molecular complexity index is 838. The number of carboxylic acid groups (broad SMARTS) is 1. The fourth-order valence-electron chi connectivity index (χ4n) is 2.45. The third-order valence-electron chi connectivity index (χ3n) is 3.69. The monoisotopic (exact) mass is 457 g/mol. The van der Waals surface area contributed by atoms with Gasteiger partial charge in [-0.15, -0.1) is 33.7 Å². The maximum atomic E-state index is 11.4. The normalized spacial score (nSPS) is 19.7. The van der Waals surface area contributed by atoms with E-state index in [4.69, 9.17) is 27.3 Å². The molecule has 0 bridgehead atoms. The van der Waals surface area contributed by atoms with Crippen LogP contribution in [-0.4, -0.2) is 84.2 Å². The minimum absolute atomic E-state index is 0.0760. The molecule has 156 valence electrons. The summed E-state index contributed by atoms with van der Waals surface area (Å²) in [7, 11) is 1.46. The number of hydrogen-bond acceptors (Lipinski definition) is 10. The fourth-order valence-corrected chi connectivity index (χ4v) is 4.21. The zero-order valence-corrected chi connectivity index (χ0v) is 18.1. The first-order valence-corrected chi connectivity index (χ1v) is 11.1. The van der Waals surface area contributed by atoms with Gasteiger partial charge in [-0.3, -0.25) is 9.69 Å². The van der Waals surface area contributed by atoms with Crippen LogP contribution in [0.25, 0.3) is 0 Å². The second-order valence-electron chi connectivity index (χ2n) is 5.59. The van der Waals surface area contributed by atoms with Gasteiger partial charge in [-0.25, -0.2) is 4.79 Å². The van der Waals surface area contributed by atoms with Crippen LogP contribution >= 0.6 is 35.7 Å². The number of nitrogens with zero attached hydrogens (tertiary/aromatic N) is 6. The summed E-state index contributed by atoms with van der Waals surface area (Å²) in [5.41, 5.74) is 0.0760. The van der Waals surface area contributed by atoms with Gasteiger partial charge in [0.15, 0.2) is 11.9 Å². The highest BCUT2D eigenvalue weighted by atomic mass is 32.2. The van der Waals surface area contributed by atoms with Crippen LogP contribution in [0.4, 0.5) is 0 Å². The van der Waals surface area contributed by atoms with Crippen LogP contribution in [-0.2, 0) is 26.6 Å². The van der Waals surface area contributed by atoms with Crippen molar-refractivity contribution in [3.8, 4) is 6.07 Å². The molecule has 2 N–H and O–H groups in total. The number of rotatable bonds is 7. The second kappa shape index (κ2) is 11.1. The van der Waals surface area contributed by atoms with E-state index in [2.05, 4.69) is 20.7 Å². The second-order valence-corrected chi connectivity index (χ2v) is 8.07. The Morgan fingerprint density at radius 1 is 1.62 bits per heavy atom. The smallest absolute Gasteiger partial charge is 0.352 e. The van der Waals surface area contributed by atoms with Gasteiger partial charge in [-0.1, -0.05) is 12.2 Å². The zero-order valence-electron chi connectivity index (χ0n) is 15.6. The van der Waals surface area contributed by atoms with Crippen LogP contribution in [0.1, 0.15) is 5.82 Å². The first kappa shape index (κ1) is 23.1. The molecule has 1 aromatic heterocycles. The van der Waals surface area contributed by atoms with Crippen LogP contribution in [0.3, 0.4) is 0 Å². The molecule has 1 fully saturated rings. The molecule has 11 nitrogen and oxygen atoms in total. The van der Waals surface area contributed by atoms with Gasteiger partial charge in [0, 0.05) is 12.9 Å². The van der Waals surface area contributed by atoms with Gasteiger partial charge >= 0.3 is 5.97 Å². The number of fused-ring (bicyclic) bond motifs is 1. The number of amides is 1. The summed E-state index contributed by atoms with van der Waals surface area (Å²) in [5.74, 6) is 0.525. The van der Waals surface area contributed by atoms with E-state index in [1.54, 1.807) is 17.8 Å². The third kappa shape index (κ3) is 5.89. The molecule has 29 heavy (non-hydrogen) atoms. The quantitative estimate of drug-likeness (QED) is 0.319. The van der Waals surface area contributed by atoms with Gasteiger partial charge in [0.25, 0.3) is 5.91 Å². The Morgan fingerprint density at radius 3 is 3.00 bits per heavy atom. The summed E-state index contributed by atoms with van der Waals surface area (Å²) in [6.45, 7) is 0.206. The number of hydrogen-bond donors (Lipinski definition) is 2. The van der Waals surface area contributed by atoms with Crippen molar-refractivity contribution in [3.05, 3.63) is 17.6 Å². The molecule has 3 heterocycles. The number of carboxylic acids is 1. The number of carbonyl (C=O) groups is 2. The summed E-state index contributed by atoms with van der Waals surface area (Å²) in [6.07, 6.45) is 3.45. The first-order chi connectivity index (χ1) is 13.9. The van der Waals surface area contributed by atoms with E-state index in [0.29, 0.717) is 28.9 Å². The number of aromatic nitrogens is 4. The molecule has 0 unspecified atom stereocenters. The number of thioether (sulfide) groups is 2. The first-order valence-electron chi connectivity index (χ1n) is 8.23. The predicted molar refractivity (Wildman–Crippen MR) is 111 cm³/mol. The van der Waals surface area contributed by atoms with E-state index in [1.807, 2.05) is 12.3 Å². The predicted octanol–water partition coefficient (Wildman–Crippen LogP) is -0.138. The van der Waals surface area contributed by atoms with E-state index in [-0.39, 0.29) is 23.5 Å². The molecule has 0 radical (unpaired) electrons. The molecule has 2 aliphatic rings. The SMILES string of the molecule is CO[C@@H]1C(=O)N2C(C(=O)O)=CCS[C@@H]12.CSCn1nnc(CC(=S)NCC#N)n1. The highest BCUT2D eigenvalue weighted by Crippen LogP contribution is 2.38. The number of aliphatic carboxylic acids is 1. The van der Waals surface area contributed by atoms with Gasteiger partial charge in [-0.2, -0.15) is 10.1 Å². The van der Waals surface area contributed by atoms with Crippen molar-refractivity contribution < 1.29 is 19.4 Å². The summed E-state index contributed by atoms with van der Waals surface area (Å²) in [4.78, 5) is 25.5. The Morgan fingerprint density at radius 2 is 2.38 bits per heavy atom. The lowest BCUT2D eigenvalue weighted by Crippen LogP contribution is -2.65. The summed E-state index contributed by atoms with van der Waals surface area (Å²) in [6, 6.07) is 1.95. The Labute approximate surface area is 180 Å². The van der Waals surface area contributed by atoms with Gasteiger partial charge in [0.05, 0.1) is 17.5 Å². The van der Waals surface area contributed by atoms with Crippen molar-refractivity contribution in [2.24, 2.45) is 0 Å². The maximum Gasteiger partial charge on any atom is 0.352 e. The lowest BCUT2D eigenvalue weighted by molar-refractivity contribution is -0.161. The third-order valence-corrected chi connectivity index (χ3v) is 5.63. The summed E-state index contributed by atoms with van der Waals surface area (Å²) < 4.78 is 4.96. The molecule has 2 aliphatic heterocycles. The lowest BCUT2D eigenvalue weighted by atomic mass is 10.1. The fraction of sp³-hybridized carbons (Fsp3) is 0.533. The van der Waals surface area contributed by atoms with Crippen LogP contribution in [0.2, 0.25) is 0 Å². The van der Waals surface area contributed by atoms with E-state index >= 15 is 0 Å². The lowest BCUT2D eigenvalue weighted by Gasteiger charge is -2.47. The highest BCUT2D eigenvalue weighted by molar-refractivity contribution is 8.00. The Kier molecular flexibility index (Phi) is 8.83. The van der Waals surface area contributed by atoms with Crippen molar-refractivity contribution in [3.63, 3.8) is 0 Å². The standard InChI is InChI=1S/C8H9NO4S.C7H10N6S2/c1-13-5-6(10)9-4(8(11)12)2-3-14-7(5)9;1-15-5-13-11-6(10-12-13)4-7(14)9-3-2-8/h2,5,7H,3H2,1H3,(H,11,12);3-5H2,1H3,(H,9,14)/t5-,7+;/m1./s1. The maximum absolute atomic E-state index is 11.4. The number of carbonyl (C=O) groups excluding carboxylic acids is 1. The molecule has 0 saturated carbocycles. The molecule has 1 amide bonds. The van der Waals surface area contributed by atoms with Gasteiger partial charge in [0.1, 0.15) is 23.5 Å². The van der Waals surface area contributed by atoms with Crippen molar-refractivity contribution in [1.82, 2.24) is 30.4 Å². The Hall–Kier alpha value is -2.21. The van der Waals surface area contributed by atoms with Gasteiger partial charge in [-0.05, 0) is 17.5 Å². The van der Waals surface area contributed by atoms with Crippen molar-refractivity contribution >= 4 is 52.6 Å². The summed E-state index contributed by atoms with van der Waals surface area (Å²) in [5, 5.41) is 31.6. The highest BCUT2D eigenvalue weighted by Gasteiger charge is 2.52. The molecule has 2 atom stereocenters. The van der Waals surface area contributed by atoms with E-state index in [0.717, 1.165) is 0 Å². The average molecular weight is 458 g/mol. The molecule has 0 aliphatic carbocycles. The van der Waals surface area contributed by atoms with Gasteiger partial charge < -0.3 is 15.2 Å². The largest absolute Gasteiger partial charge is 0.477 e. The van der Waals surface area contributed by atoms with Crippen LogP contribution < -0.4 is 5.32 Å². The molecule has 0 spiro atoms. The minimum atomic E-state index is -1.06. The molecule has 1 aromatic rings. The van der Waals surface area contributed by atoms with Crippen LogP contribution in [0.5, 0.6) is 0 Å². The van der Waals surface area contributed by atoms with E-state index in [1.165, 1.54) is 28.6 Å². The summed E-state index contributed by atoms with van der Waals surface area (Å²) >= 11 is 8.11. The molecule has 0 aromatic carbocycles. The van der Waals surface area contributed by atoms with Crippen LogP contribution in [0, 0.1) is 11.3 Å². The van der Waals surface area contributed by atoms with E-state index in [9.17, 15) is 9.59 Å². The molecular formula is C15H19N7O4S3. The van der Waals surface area contributed by atoms with Crippen molar-refractivity contribution in [2.45, 2.75) is 23.8 Å². The number of thiocarbonyl (C=S) groups is 1. The average Bonchev–Trinajstić information content (AvgIpc) is 3.13. The minimum Gasteiger partial charge on any atom is -0.477 e. The molecule has 3 rings (SSSR count). The number of tetrazole rings is 1. The van der Waals surface area contributed by atoms with Crippen LogP contribution in [0.15, 0.2) is 11.8 Å².